The molecule has 36 heavy (non-hydrogen) atoms. The van der Waals surface area contributed by atoms with Gasteiger partial charge in [-0.1, -0.05) is 50.2 Å². The van der Waals surface area contributed by atoms with Gasteiger partial charge in [-0.2, -0.15) is 8.42 Å². The predicted octanol–water partition coefficient (Wildman–Crippen LogP) is 6.38. The Morgan fingerprint density at radius 1 is 0.778 bits per heavy atom. The second-order valence-corrected chi connectivity index (χ2v) is 9.83. The van der Waals surface area contributed by atoms with Crippen LogP contribution in [0.15, 0.2) is 71.6 Å². The van der Waals surface area contributed by atoms with Crippen molar-refractivity contribution in [1.29, 1.82) is 0 Å². The molecule has 0 bridgehead atoms. The molecule has 0 amide bonds. The highest BCUT2D eigenvalue weighted by Crippen LogP contribution is 2.43. The van der Waals surface area contributed by atoms with Gasteiger partial charge in [-0.25, -0.2) is 0 Å². The third kappa shape index (κ3) is 5.12. The van der Waals surface area contributed by atoms with E-state index in [1.54, 1.807) is 12.1 Å². The molecule has 4 rings (SSSR count). The van der Waals surface area contributed by atoms with Crippen LogP contribution >= 0.6 is 0 Å². The van der Waals surface area contributed by atoms with Gasteiger partial charge in [-0.15, -0.1) is 0 Å². The lowest BCUT2D eigenvalue weighted by molar-refractivity contribution is -0.385. The number of nitro benzene ring substituents is 1. The third-order valence-electron chi connectivity index (χ3n) is 5.64. The zero-order valence-electron chi connectivity index (χ0n) is 20.1. The topological polar surface area (TPSA) is 105 Å². The van der Waals surface area contributed by atoms with Crippen molar-refractivity contribution in [3.63, 3.8) is 0 Å². The maximum absolute atomic E-state index is 13.1. The molecule has 0 spiro atoms. The first-order chi connectivity index (χ1) is 17.4. The van der Waals surface area contributed by atoms with E-state index in [0.717, 1.165) is 29.0 Å². The molecule has 0 atom stereocenters. The molecule has 188 valence electrons. The summed E-state index contributed by atoms with van der Waals surface area (Å²) in [5, 5.41) is 14.3. The summed E-state index contributed by atoms with van der Waals surface area (Å²) >= 11 is 0. The van der Waals surface area contributed by atoms with Gasteiger partial charge in [0.2, 0.25) is 0 Å². The molecule has 0 saturated heterocycles. The first kappa shape index (κ1) is 25.4. The average Bonchev–Trinajstić information content (AvgIpc) is 2.89. The Morgan fingerprint density at radius 2 is 1.33 bits per heavy atom. The van der Waals surface area contributed by atoms with Gasteiger partial charge < -0.3 is 9.47 Å². The van der Waals surface area contributed by atoms with Crippen LogP contribution in [-0.4, -0.2) is 26.6 Å². The molecule has 0 unspecified atom stereocenters. The number of fused-ring (bicyclic) bond motifs is 2. The van der Waals surface area contributed by atoms with Crippen LogP contribution in [0.3, 0.4) is 0 Å². The van der Waals surface area contributed by atoms with Gasteiger partial charge in [0.15, 0.2) is 0 Å². The highest BCUT2D eigenvalue weighted by atomic mass is 32.2. The van der Waals surface area contributed by atoms with Crippen LogP contribution in [0.2, 0.25) is 0 Å². The lowest BCUT2D eigenvalue weighted by Crippen LogP contribution is -2.08. The second kappa shape index (κ2) is 10.9. The summed E-state index contributed by atoms with van der Waals surface area (Å²) in [4.78, 5) is 10.6. The van der Waals surface area contributed by atoms with Crippen LogP contribution in [0.5, 0.6) is 11.5 Å². The fraction of sp³-hybridized carbons (Fsp3) is 0.259. The predicted molar refractivity (Wildman–Crippen MR) is 138 cm³/mol. The highest BCUT2D eigenvalue weighted by Gasteiger charge is 2.23. The van der Waals surface area contributed by atoms with Crippen molar-refractivity contribution in [3.05, 3.63) is 82.4 Å². The molecule has 0 radical (unpaired) electrons. The van der Waals surface area contributed by atoms with E-state index >= 15 is 0 Å². The first-order valence-electron chi connectivity index (χ1n) is 11.7. The van der Waals surface area contributed by atoms with Crippen LogP contribution < -0.4 is 9.47 Å². The standard InChI is InChI=1S/C27H27NO7S/c1-3-15-33-26-21-10-6-7-11-22(21)27(34-16-4-2)24-17-20(13-14-23(24)26)36(31,32)35-18-19-9-5-8-12-25(19)28(29)30/h5-14,17H,3-4,15-16,18H2,1-2H3. The Balaban J connectivity index is 1.82. The SMILES string of the molecule is CCCOc1c2ccccc2c(OCCC)c2cc(S(=O)(=O)OCc3ccccc3[N+](=O)[O-])ccc12. The maximum Gasteiger partial charge on any atom is 0.297 e. The maximum atomic E-state index is 13.1. The van der Waals surface area contributed by atoms with Gasteiger partial charge >= 0.3 is 0 Å². The van der Waals surface area contributed by atoms with Gasteiger partial charge in [-0.05, 0) is 37.1 Å². The monoisotopic (exact) mass is 509 g/mol. The molecule has 4 aromatic rings. The summed E-state index contributed by atoms with van der Waals surface area (Å²) in [6.07, 6.45) is 1.59. The van der Waals surface area contributed by atoms with E-state index < -0.39 is 21.6 Å². The van der Waals surface area contributed by atoms with Gasteiger partial charge in [0.25, 0.3) is 15.8 Å². The molecule has 0 aliphatic carbocycles. The number of ether oxygens (including phenoxy) is 2. The highest BCUT2D eigenvalue weighted by molar-refractivity contribution is 7.86. The zero-order chi connectivity index (χ0) is 25.7. The van der Waals surface area contributed by atoms with Crippen LogP contribution in [0.1, 0.15) is 32.3 Å². The summed E-state index contributed by atoms with van der Waals surface area (Å²) in [5.74, 6) is 1.23. The number of hydrogen-bond donors (Lipinski definition) is 0. The van der Waals surface area contributed by atoms with Crippen LogP contribution in [0.25, 0.3) is 21.5 Å². The van der Waals surface area contributed by atoms with E-state index in [1.807, 2.05) is 38.1 Å². The molecule has 8 nitrogen and oxygen atoms in total. The summed E-state index contributed by atoms with van der Waals surface area (Å²) in [7, 11) is -4.23. The Labute approximate surface area is 209 Å². The summed E-state index contributed by atoms with van der Waals surface area (Å²) in [6.45, 7) is 4.52. The Bertz CT molecular complexity index is 1520. The Morgan fingerprint density at radius 3 is 1.94 bits per heavy atom. The van der Waals surface area contributed by atoms with Gasteiger partial charge in [0.05, 0.1) is 35.2 Å². The third-order valence-corrected chi connectivity index (χ3v) is 6.90. The van der Waals surface area contributed by atoms with Gasteiger partial charge in [0.1, 0.15) is 11.5 Å². The van der Waals surface area contributed by atoms with Gasteiger partial charge in [-0.3, -0.25) is 14.3 Å². The molecule has 9 heteroatoms. The molecular formula is C27H27NO7S. The van der Waals surface area contributed by atoms with E-state index in [9.17, 15) is 18.5 Å². The number of nitrogens with zero attached hydrogens (tertiary/aromatic N) is 1. The van der Waals surface area contributed by atoms with Crippen molar-refractivity contribution in [2.45, 2.75) is 38.2 Å². The van der Waals surface area contributed by atoms with Crippen molar-refractivity contribution in [2.24, 2.45) is 0 Å². The summed E-state index contributed by atoms with van der Waals surface area (Å²) < 4.78 is 43.7. The van der Waals surface area contributed by atoms with Crippen LogP contribution in [0.4, 0.5) is 5.69 Å². The molecular weight excluding hydrogens is 482 g/mol. The number of rotatable bonds is 11. The summed E-state index contributed by atoms with van der Waals surface area (Å²) in [5.41, 5.74) is -0.0364. The molecule has 0 fully saturated rings. The van der Waals surface area contributed by atoms with Crippen molar-refractivity contribution >= 4 is 37.4 Å². The number of nitro groups is 1. The largest absolute Gasteiger partial charge is 0.492 e. The minimum atomic E-state index is -4.23. The molecule has 0 aromatic heterocycles. The average molecular weight is 510 g/mol. The van der Waals surface area contributed by atoms with E-state index in [0.29, 0.717) is 30.1 Å². The van der Waals surface area contributed by atoms with Crippen molar-refractivity contribution < 1.29 is 27.0 Å². The van der Waals surface area contributed by atoms with Crippen molar-refractivity contribution in [3.8, 4) is 11.5 Å². The second-order valence-electron chi connectivity index (χ2n) is 8.21. The molecule has 0 aliphatic heterocycles. The number of benzene rings is 4. The lowest BCUT2D eigenvalue weighted by Gasteiger charge is -2.18. The molecule has 4 aromatic carbocycles. The quantitative estimate of drug-likeness (QED) is 0.0999. The van der Waals surface area contributed by atoms with Crippen LogP contribution in [0, 0.1) is 10.1 Å². The summed E-state index contributed by atoms with van der Waals surface area (Å²) in [6, 6.07) is 18.2. The molecule has 0 N–H and O–H groups in total. The zero-order valence-corrected chi connectivity index (χ0v) is 20.9. The molecule has 0 saturated carbocycles. The van der Waals surface area contributed by atoms with Crippen molar-refractivity contribution in [2.75, 3.05) is 13.2 Å². The van der Waals surface area contributed by atoms with Crippen LogP contribution in [-0.2, 0) is 20.9 Å². The Hall–Kier alpha value is -3.69. The molecule has 0 heterocycles. The van der Waals surface area contributed by atoms with Crippen molar-refractivity contribution in [1.82, 2.24) is 0 Å². The smallest absolute Gasteiger partial charge is 0.297 e. The number of hydrogen-bond acceptors (Lipinski definition) is 7. The Kier molecular flexibility index (Phi) is 7.71. The first-order valence-corrected chi connectivity index (χ1v) is 13.1. The van der Waals surface area contributed by atoms with E-state index in [-0.39, 0.29) is 16.1 Å². The molecule has 0 aliphatic rings. The van der Waals surface area contributed by atoms with E-state index in [1.165, 1.54) is 30.3 Å². The van der Waals surface area contributed by atoms with E-state index in [4.69, 9.17) is 13.7 Å². The van der Waals surface area contributed by atoms with Gasteiger partial charge in [0, 0.05) is 27.6 Å². The lowest BCUT2D eigenvalue weighted by atomic mass is 10.0. The minimum absolute atomic E-state index is 0.0772. The number of para-hydroxylation sites is 1. The fourth-order valence-corrected chi connectivity index (χ4v) is 4.89. The normalized spacial score (nSPS) is 11.6. The minimum Gasteiger partial charge on any atom is -0.492 e. The fourth-order valence-electron chi connectivity index (χ4n) is 3.97. The van der Waals surface area contributed by atoms with E-state index in [2.05, 4.69) is 0 Å².